The molecule has 5 rings (SSSR count). The summed E-state index contributed by atoms with van der Waals surface area (Å²) >= 11 is 1.64. The minimum absolute atomic E-state index is 0.155. The van der Waals surface area contributed by atoms with E-state index in [1.54, 1.807) is 35.9 Å². The van der Waals surface area contributed by atoms with Crippen LogP contribution in [0.3, 0.4) is 0 Å². The molecule has 0 saturated heterocycles. The van der Waals surface area contributed by atoms with E-state index in [-0.39, 0.29) is 5.91 Å². The normalized spacial score (nSPS) is 10.9. The summed E-state index contributed by atoms with van der Waals surface area (Å²) in [4.78, 5) is 25.4. The molecule has 2 aromatic carbocycles. The highest BCUT2D eigenvalue weighted by molar-refractivity contribution is 7.13. The van der Waals surface area contributed by atoms with Crippen LogP contribution in [0.5, 0.6) is 0 Å². The lowest BCUT2D eigenvalue weighted by Crippen LogP contribution is -2.11. The van der Waals surface area contributed by atoms with Crippen molar-refractivity contribution in [3.63, 3.8) is 0 Å². The van der Waals surface area contributed by atoms with Crippen LogP contribution in [-0.2, 0) is 0 Å². The average Bonchev–Trinajstić information content (AvgIpc) is 3.42. The summed E-state index contributed by atoms with van der Waals surface area (Å²) in [7, 11) is 0. The summed E-state index contributed by atoms with van der Waals surface area (Å²) in [6.07, 6.45) is 3.21. The van der Waals surface area contributed by atoms with Crippen molar-refractivity contribution in [2.45, 2.75) is 0 Å². The van der Waals surface area contributed by atoms with Crippen LogP contribution in [0.2, 0.25) is 0 Å². The molecule has 0 saturated carbocycles. The first-order valence-corrected chi connectivity index (χ1v) is 10.00. The fourth-order valence-corrected chi connectivity index (χ4v) is 4.03. The molecular formula is C23H16N4OS. The number of aromatic nitrogens is 3. The highest BCUT2D eigenvalue weighted by Gasteiger charge is 2.10. The first-order valence-electron chi connectivity index (χ1n) is 9.12. The maximum absolute atomic E-state index is 12.4. The monoisotopic (exact) mass is 396 g/mol. The zero-order valence-corrected chi connectivity index (χ0v) is 16.1. The number of anilines is 1. The van der Waals surface area contributed by atoms with Crippen LogP contribution in [-0.4, -0.2) is 20.9 Å². The maximum atomic E-state index is 12.4. The number of rotatable bonds is 4. The predicted molar refractivity (Wildman–Crippen MR) is 117 cm³/mol. The Kier molecular flexibility index (Phi) is 4.38. The third kappa shape index (κ3) is 3.53. The van der Waals surface area contributed by atoms with Crippen molar-refractivity contribution in [2.75, 3.05) is 5.32 Å². The van der Waals surface area contributed by atoms with Gasteiger partial charge in [0.05, 0.1) is 15.9 Å². The number of aromatic amines is 1. The number of benzene rings is 2. The van der Waals surface area contributed by atoms with Crippen molar-refractivity contribution in [3.05, 3.63) is 90.1 Å². The van der Waals surface area contributed by atoms with Crippen LogP contribution >= 0.6 is 11.3 Å². The molecule has 0 aliphatic heterocycles. The molecule has 6 heteroatoms. The summed E-state index contributed by atoms with van der Waals surface area (Å²) < 4.78 is 0. The van der Waals surface area contributed by atoms with E-state index in [4.69, 9.17) is 0 Å². The third-order valence-electron chi connectivity index (χ3n) is 4.62. The Bertz CT molecular complexity index is 1270. The molecule has 1 amide bonds. The summed E-state index contributed by atoms with van der Waals surface area (Å²) in [5, 5.41) is 5.05. The summed E-state index contributed by atoms with van der Waals surface area (Å²) in [5.41, 5.74) is 5.44. The van der Waals surface area contributed by atoms with Gasteiger partial charge in [-0.15, -0.1) is 11.3 Å². The number of fused-ring (bicyclic) bond motifs is 1. The van der Waals surface area contributed by atoms with Crippen LogP contribution in [0.1, 0.15) is 10.4 Å². The van der Waals surface area contributed by atoms with Gasteiger partial charge in [0.25, 0.3) is 5.91 Å². The second-order valence-electron chi connectivity index (χ2n) is 6.57. The number of para-hydroxylation sites is 2. The standard InChI is InChI=1S/C23H16N4OS/c28-23(15-8-10-24-11-9-15)25-18-5-3-4-16(12-18)17-13-21(29-14-17)22-26-19-6-1-2-7-20(19)27-22/h1-14H,(H,25,28)(H,26,27). The van der Waals surface area contributed by atoms with E-state index in [9.17, 15) is 4.79 Å². The molecule has 0 fully saturated rings. The Morgan fingerprint density at radius 1 is 0.931 bits per heavy atom. The number of H-pyrrole nitrogens is 1. The van der Waals surface area contributed by atoms with Gasteiger partial charge in [0, 0.05) is 23.6 Å². The third-order valence-corrected chi connectivity index (χ3v) is 5.56. The molecule has 0 aliphatic carbocycles. The number of nitrogens with one attached hydrogen (secondary N) is 2. The van der Waals surface area contributed by atoms with Gasteiger partial charge >= 0.3 is 0 Å². The van der Waals surface area contributed by atoms with Crippen LogP contribution in [0.15, 0.2) is 84.5 Å². The van der Waals surface area contributed by atoms with Gasteiger partial charge in [0.2, 0.25) is 0 Å². The highest BCUT2D eigenvalue weighted by atomic mass is 32.1. The molecule has 0 radical (unpaired) electrons. The molecule has 0 unspecified atom stereocenters. The lowest BCUT2D eigenvalue weighted by Gasteiger charge is -2.07. The Balaban J connectivity index is 1.40. The number of thiophene rings is 1. The quantitative estimate of drug-likeness (QED) is 0.415. The van der Waals surface area contributed by atoms with Crippen LogP contribution in [0.25, 0.3) is 32.9 Å². The van der Waals surface area contributed by atoms with E-state index in [1.165, 1.54) is 0 Å². The molecule has 29 heavy (non-hydrogen) atoms. The van der Waals surface area contributed by atoms with Crippen molar-refractivity contribution in [1.82, 2.24) is 15.0 Å². The lowest BCUT2D eigenvalue weighted by atomic mass is 10.1. The minimum Gasteiger partial charge on any atom is -0.337 e. The molecule has 0 bridgehead atoms. The summed E-state index contributed by atoms with van der Waals surface area (Å²) in [6, 6.07) is 21.3. The second-order valence-corrected chi connectivity index (χ2v) is 7.48. The molecule has 5 nitrogen and oxygen atoms in total. The topological polar surface area (TPSA) is 70.7 Å². The van der Waals surface area contributed by atoms with Gasteiger partial charge in [0.15, 0.2) is 0 Å². The van der Waals surface area contributed by atoms with Gasteiger partial charge in [0.1, 0.15) is 5.82 Å². The van der Waals surface area contributed by atoms with E-state index in [0.717, 1.165) is 38.5 Å². The fraction of sp³-hybridized carbons (Fsp3) is 0. The SMILES string of the molecule is O=C(Nc1cccc(-c2csc(-c3nc4ccccc4[nH]3)c2)c1)c1ccncc1. The van der Waals surface area contributed by atoms with Crippen LogP contribution in [0.4, 0.5) is 5.69 Å². The van der Waals surface area contributed by atoms with Gasteiger partial charge in [-0.3, -0.25) is 9.78 Å². The predicted octanol–water partition coefficient (Wildman–Crippen LogP) is 5.61. The summed E-state index contributed by atoms with van der Waals surface area (Å²) in [5.74, 6) is 0.711. The van der Waals surface area contributed by atoms with Crippen molar-refractivity contribution in [3.8, 4) is 21.8 Å². The van der Waals surface area contributed by atoms with Crippen molar-refractivity contribution in [1.29, 1.82) is 0 Å². The van der Waals surface area contributed by atoms with E-state index < -0.39 is 0 Å². The molecule has 0 spiro atoms. The number of pyridine rings is 1. The number of carbonyl (C=O) groups excluding carboxylic acids is 1. The number of hydrogen-bond acceptors (Lipinski definition) is 4. The number of nitrogens with zero attached hydrogens (tertiary/aromatic N) is 2. The smallest absolute Gasteiger partial charge is 0.255 e. The Hall–Kier alpha value is -3.77. The molecule has 3 heterocycles. The van der Waals surface area contributed by atoms with Crippen molar-refractivity contribution >= 4 is 34.0 Å². The largest absolute Gasteiger partial charge is 0.337 e. The van der Waals surface area contributed by atoms with Crippen molar-refractivity contribution < 1.29 is 4.79 Å². The molecule has 3 aromatic heterocycles. The number of amides is 1. The van der Waals surface area contributed by atoms with Crippen LogP contribution < -0.4 is 5.32 Å². The summed E-state index contributed by atoms with van der Waals surface area (Å²) in [6.45, 7) is 0. The molecule has 2 N–H and O–H groups in total. The van der Waals surface area contributed by atoms with Gasteiger partial charge in [-0.05, 0) is 59.0 Å². The molecular weight excluding hydrogens is 380 g/mol. The maximum Gasteiger partial charge on any atom is 0.255 e. The lowest BCUT2D eigenvalue weighted by molar-refractivity contribution is 0.102. The Labute approximate surface area is 171 Å². The molecule has 5 aromatic rings. The molecule has 0 atom stereocenters. The first-order chi connectivity index (χ1) is 14.3. The molecule has 140 valence electrons. The Morgan fingerprint density at radius 3 is 2.66 bits per heavy atom. The number of hydrogen-bond donors (Lipinski definition) is 2. The zero-order valence-electron chi connectivity index (χ0n) is 15.3. The average molecular weight is 396 g/mol. The second kappa shape index (κ2) is 7.33. The number of carbonyl (C=O) groups is 1. The van der Waals surface area contributed by atoms with Gasteiger partial charge in [-0.2, -0.15) is 0 Å². The first kappa shape index (κ1) is 17.3. The van der Waals surface area contributed by atoms with Crippen LogP contribution in [0, 0.1) is 0 Å². The Morgan fingerprint density at radius 2 is 1.79 bits per heavy atom. The number of imidazole rings is 1. The van der Waals surface area contributed by atoms with Crippen molar-refractivity contribution in [2.24, 2.45) is 0 Å². The van der Waals surface area contributed by atoms with E-state index in [1.807, 2.05) is 48.5 Å². The van der Waals surface area contributed by atoms with E-state index in [2.05, 4.69) is 31.7 Å². The molecule has 0 aliphatic rings. The van der Waals surface area contributed by atoms with E-state index >= 15 is 0 Å². The van der Waals surface area contributed by atoms with E-state index in [0.29, 0.717) is 5.56 Å². The van der Waals surface area contributed by atoms with Gasteiger partial charge < -0.3 is 10.3 Å². The minimum atomic E-state index is -0.155. The zero-order chi connectivity index (χ0) is 19.6. The fourth-order valence-electron chi connectivity index (χ4n) is 3.16. The van der Waals surface area contributed by atoms with Gasteiger partial charge in [-0.25, -0.2) is 4.98 Å². The highest BCUT2D eigenvalue weighted by Crippen LogP contribution is 2.33. The van der Waals surface area contributed by atoms with Gasteiger partial charge in [-0.1, -0.05) is 24.3 Å².